The Morgan fingerprint density at radius 2 is 2.12 bits per heavy atom. The zero-order chi connectivity index (χ0) is 12.3. The number of benzene rings is 1. The fraction of sp³-hybridized carbons (Fsp3) is 0.100. The maximum atomic E-state index is 8.54. The molecule has 88 valence electrons. The molecule has 1 aromatic heterocycles. The van der Waals surface area contributed by atoms with Gasteiger partial charge in [-0.25, -0.2) is 4.98 Å². The van der Waals surface area contributed by atoms with E-state index < -0.39 is 0 Å². The molecular formula is C10H10N4OS2. The van der Waals surface area contributed by atoms with Crippen molar-refractivity contribution in [3.63, 3.8) is 0 Å². The Morgan fingerprint density at radius 1 is 1.41 bits per heavy atom. The zero-order valence-electron chi connectivity index (χ0n) is 8.99. The lowest BCUT2D eigenvalue weighted by Crippen LogP contribution is -2.12. The van der Waals surface area contributed by atoms with Crippen LogP contribution in [0.2, 0.25) is 0 Å². The smallest absolute Gasteiger partial charge is 0.174 e. The van der Waals surface area contributed by atoms with Gasteiger partial charge in [0, 0.05) is 10.5 Å². The molecular weight excluding hydrogens is 256 g/mol. The van der Waals surface area contributed by atoms with E-state index in [1.165, 1.54) is 23.3 Å². The van der Waals surface area contributed by atoms with Gasteiger partial charge in [0.1, 0.15) is 5.82 Å². The van der Waals surface area contributed by atoms with E-state index in [1.807, 2.05) is 19.1 Å². The number of hydrogen-bond acceptors (Lipinski definition) is 6. The molecule has 0 radical (unpaired) electrons. The molecule has 17 heavy (non-hydrogen) atoms. The molecule has 0 spiro atoms. The molecule has 0 saturated heterocycles. The molecule has 5 nitrogen and oxygen atoms in total. The van der Waals surface area contributed by atoms with Crippen LogP contribution in [0.4, 0.5) is 0 Å². The van der Waals surface area contributed by atoms with Crippen molar-refractivity contribution in [2.24, 2.45) is 10.9 Å². The Hall–Kier alpha value is -1.60. The molecule has 3 N–H and O–H groups in total. The van der Waals surface area contributed by atoms with Crippen molar-refractivity contribution in [2.45, 2.75) is 16.2 Å². The zero-order valence-corrected chi connectivity index (χ0v) is 10.6. The average Bonchev–Trinajstić information content (AvgIpc) is 2.75. The van der Waals surface area contributed by atoms with Crippen molar-refractivity contribution in [3.8, 4) is 0 Å². The molecule has 0 aliphatic rings. The van der Waals surface area contributed by atoms with Gasteiger partial charge in [-0.15, -0.1) is 0 Å². The number of rotatable bonds is 3. The van der Waals surface area contributed by atoms with E-state index in [9.17, 15) is 0 Å². The lowest BCUT2D eigenvalue weighted by atomic mass is 10.2. The van der Waals surface area contributed by atoms with Crippen LogP contribution in [0, 0.1) is 6.92 Å². The Balaban J connectivity index is 2.13. The minimum atomic E-state index is 0.105. The molecule has 2 aromatic rings. The number of oxime groups is 1. The summed E-state index contributed by atoms with van der Waals surface area (Å²) < 4.78 is 5.01. The summed E-state index contributed by atoms with van der Waals surface area (Å²) >= 11 is 2.91. The molecule has 1 heterocycles. The molecule has 0 amide bonds. The van der Waals surface area contributed by atoms with Crippen molar-refractivity contribution in [3.05, 3.63) is 35.7 Å². The highest BCUT2D eigenvalue weighted by molar-refractivity contribution is 8.01. The van der Waals surface area contributed by atoms with E-state index in [-0.39, 0.29) is 5.84 Å². The first-order chi connectivity index (χ1) is 8.19. The van der Waals surface area contributed by atoms with Crippen LogP contribution in [0.5, 0.6) is 0 Å². The fourth-order valence-electron chi connectivity index (χ4n) is 1.17. The monoisotopic (exact) mass is 266 g/mol. The third-order valence-corrected chi connectivity index (χ3v) is 3.82. The van der Waals surface area contributed by atoms with Gasteiger partial charge in [-0.2, -0.15) is 4.37 Å². The van der Waals surface area contributed by atoms with Gasteiger partial charge in [-0.1, -0.05) is 29.1 Å². The predicted octanol–water partition coefficient (Wildman–Crippen LogP) is 2.09. The third kappa shape index (κ3) is 2.95. The van der Waals surface area contributed by atoms with E-state index >= 15 is 0 Å². The third-order valence-electron chi connectivity index (χ3n) is 1.97. The summed E-state index contributed by atoms with van der Waals surface area (Å²) in [4.78, 5) is 5.30. The normalized spacial score (nSPS) is 11.7. The number of nitrogens with zero attached hydrogens (tertiary/aromatic N) is 3. The molecule has 1 aromatic carbocycles. The van der Waals surface area contributed by atoms with Crippen molar-refractivity contribution in [2.75, 3.05) is 0 Å². The first kappa shape index (κ1) is 11.9. The lowest BCUT2D eigenvalue weighted by molar-refractivity contribution is 0.318. The Labute approximate surface area is 107 Å². The fourth-order valence-corrected chi connectivity index (χ4v) is 2.80. The van der Waals surface area contributed by atoms with E-state index in [1.54, 1.807) is 12.1 Å². The number of nitrogens with two attached hydrogens (primary N) is 1. The summed E-state index contributed by atoms with van der Waals surface area (Å²) in [6, 6.07) is 7.39. The first-order valence-electron chi connectivity index (χ1n) is 4.75. The van der Waals surface area contributed by atoms with Crippen molar-refractivity contribution in [1.29, 1.82) is 0 Å². The maximum absolute atomic E-state index is 8.54. The van der Waals surface area contributed by atoms with Crippen LogP contribution in [0.25, 0.3) is 0 Å². The highest BCUT2D eigenvalue weighted by atomic mass is 32.2. The summed E-state index contributed by atoms with van der Waals surface area (Å²) in [5.41, 5.74) is 6.16. The largest absolute Gasteiger partial charge is 0.409 e. The highest BCUT2D eigenvalue weighted by Gasteiger charge is 2.04. The molecule has 2 rings (SSSR count). The standard InChI is InChI=1S/C10H10N4OS2/c1-6-12-10(17-14-6)16-8-4-2-7(3-5-8)9(11)13-15/h2-5,15H,1H3,(H2,11,13). The molecule has 0 aliphatic carbocycles. The quantitative estimate of drug-likeness (QED) is 0.384. The van der Waals surface area contributed by atoms with Gasteiger partial charge in [0.2, 0.25) is 0 Å². The Bertz CT molecular complexity index is 535. The van der Waals surface area contributed by atoms with Crippen LogP contribution in [0.3, 0.4) is 0 Å². The van der Waals surface area contributed by atoms with Crippen molar-refractivity contribution >= 4 is 29.1 Å². The van der Waals surface area contributed by atoms with Crippen molar-refractivity contribution < 1.29 is 5.21 Å². The summed E-state index contributed by atoms with van der Waals surface area (Å²) in [5.74, 6) is 0.888. The summed E-state index contributed by atoms with van der Waals surface area (Å²) in [7, 11) is 0. The molecule has 0 unspecified atom stereocenters. The van der Waals surface area contributed by atoms with Crippen molar-refractivity contribution in [1.82, 2.24) is 9.36 Å². The van der Waals surface area contributed by atoms with E-state index in [0.717, 1.165) is 15.1 Å². The van der Waals surface area contributed by atoms with E-state index in [2.05, 4.69) is 14.5 Å². The topological polar surface area (TPSA) is 84.4 Å². The van der Waals surface area contributed by atoms with Gasteiger partial charge in [0.05, 0.1) is 0 Å². The molecule has 7 heteroatoms. The molecule has 0 fully saturated rings. The number of amidine groups is 1. The van der Waals surface area contributed by atoms with E-state index in [4.69, 9.17) is 10.9 Å². The van der Waals surface area contributed by atoms with Gasteiger partial charge in [0.25, 0.3) is 0 Å². The van der Waals surface area contributed by atoms with Crippen LogP contribution in [-0.2, 0) is 0 Å². The van der Waals surface area contributed by atoms with Gasteiger partial charge in [0.15, 0.2) is 10.2 Å². The Kier molecular flexibility index (Phi) is 3.60. The summed E-state index contributed by atoms with van der Waals surface area (Å²) in [6.45, 7) is 1.86. The lowest BCUT2D eigenvalue weighted by Gasteiger charge is -2.00. The van der Waals surface area contributed by atoms with Crippen LogP contribution in [0.15, 0.2) is 38.7 Å². The number of aryl methyl sites for hydroxylation is 1. The van der Waals surface area contributed by atoms with Gasteiger partial charge < -0.3 is 10.9 Å². The van der Waals surface area contributed by atoms with Gasteiger partial charge >= 0.3 is 0 Å². The molecule has 0 saturated carbocycles. The Morgan fingerprint density at radius 3 is 2.65 bits per heavy atom. The van der Waals surface area contributed by atoms with E-state index in [0.29, 0.717) is 5.56 Å². The second kappa shape index (κ2) is 5.15. The second-order valence-corrected chi connectivity index (χ2v) is 5.29. The summed E-state index contributed by atoms with van der Waals surface area (Å²) in [5, 5.41) is 11.5. The summed E-state index contributed by atoms with van der Waals surface area (Å²) in [6.07, 6.45) is 0. The highest BCUT2D eigenvalue weighted by Crippen LogP contribution is 2.28. The first-order valence-corrected chi connectivity index (χ1v) is 6.34. The number of aromatic nitrogens is 2. The SMILES string of the molecule is Cc1nsc(Sc2ccc(C(N)=NO)cc2)n1. The molecule has 0 bridgehead atoms. The van der Waals surface area contributed by atoms with Gasteiger partial charge in [-0.05, 0) is 30.6 Å². The minimum Gasteiger partial charge on any atom is -0.409 e. The van der Waals surface area contributed by atoms with Crippen LogP contribution in [0.1, 0.15) is 11.4 Å². The average molecular weight is 266 g/mol. The molecule has 0 atom stereocenters. The van der Waals surface area contributed by atoms with Gasteiger partial charge in [-0.3, -0.25) is 0 Å². The minimum absolute atomic E-state index is 0.105. The maximum Gasteiger partial charge on any atom is 0.174 e. The predicted molar refractivity (Wildman–Crippen MR) is 67.7 cm³/mol. The number of hydrogen-bond donors (Lipinski definition) is 2. The second-order valence-electron chi connectivity index (χ2n) is 3.22. The van der Waals surface area contributed by atoms with Crippen LogP contribution >= 0.6 is 23.3 Å². The van der Waals surface area contributed by atoms with Crippen LogP contribution in [-0.4, -0.2) is 20.4 Å². The van der Waals surface area contributed by atoms with Crippen LogP contribution < -0.4 is 5.73 Å². The molecule has 0 aliphatic heterocycles.